The lowest BCUT2D eigenvalue weighted by molar-refractivity contribution is -0.0957. The van der Waals surface area contributed by atoms with Crippen molar-refractivity contribution in [3.05, 3.63) is 35.9 Å². The Kier molecular flexibility index (Phi) is 3.16. The molecule has 2 fully saturated rings. The Morgan fingerprint density at radius 2 is 2.00 bits per heavy atom. The van der Waals surface area contributed by atoms with Crippen molar-refractivity contribution in [3.8, 4) is 0 Å². The molecule has 2 nitrogen and oxygen atoms in total. The highest BCUT2D eigenvalue weighted by molar-refractivity contribution is 5.25. The molecule has 1 aromatic carbocycles. The SMILES string of the molecule is COCC(O)(c1ccccc1)C1CC2CCC1C2. The maximum Gasteiger partial charge on any atom is 0.116 e. The highest BCUT2D eigenvalue weighted by atomic mass is 16.5. The van der Waals surface area contributed by atoms with Gasteiger partial charge in [-0.25, -0.2) is 0 Å². The van der Waals surface area contributed by atoms with Crippen LogP contribution in [0.25, 0.3) is 0 Å². The number of rotatable bonds is 4. The van der Waals surface area contributed by atoms with Crippen molar-refractivity contribution >= 4 is 0 Å². The van der Waals surface area contributed by atoms with E-state index in [2.05, 4.69) is 0 Å². The molecule has 0 spiro atoms. The normalized spacial score (nSPS) is 33.6. The van der Waals surface area contributed by atoms with Crippen LogP contribution in [0.3, 0.4) is 0 Å². The summed E-state index contributed by atoms with van der Waals surface area (Å²) in [5.74, 6) is 1.90. The largest absolute Gasteiger partial charge is 0.382 e. The van der Waals surface area contributed by atoms with Crippen molar-refractivity contribution in [1.82, 2.24) is 0 Å². The summed E-state index contributed by atoms with van der Waals surface area (Å²) in [7, 11) is 1.68. The first-order chi connectivity index (χ1) is 8.74. The van der Waals surface area contributed by atoms with Crippen LogP contribution in [0.15, 0.2) is 30.3 Å². The molecule has 0 amide bonds. The minimum Gasteiger partial charge on any atom is -0.382 e. The van der Waals surface area contributed by atoms with Crippen molar-refractivity contribution in [3.63, 3.8) is 0 Å². The van der Waals surface area contributed by atoms with E-state index in [4.69, 9.17) is 4.74 Å². The number of hydrogen-bond donors (Lipinski definition) is 1. The lowest BCUT2D eigenvalue weighted by atomic mass is 9.73. The molecular formula is C16H22O2. The first-order valence-electron chi connectivity index (χ1n) is 7.01. The number of fused-ring (bicyclic) bond motifs is 2. The Bertz CT molecular complexity index is 403. The lowest BCUT2D eigenvalue weighted by Crippen LogP contribution is -2.42. The molecule has 4 unspecified atom stereocenters. The maximum absolute atomic E-state index is 11.2. The van der Waals surface area contributed by atoms with Crippen molar-refractivity contribution in [2.75, 3.05) is 13.7 Å². The van der Waals surface area contributed by atoms with Gasteiger partial charge >= 0.3 is 0 Å². The average Bonchev–Trinajstić information content (AvgIpc) is 3.02. The lowest BCUT2D eigenvalue weighted by Gasteiger charge is -2.38. The van der Waals surface area contributed by atoms with Crippen molar-refractivity contribution in [2.45, 2.75) is 31.3 Å². The molecule has 0 heterocycles. The van der Waals surface area contributed by atoms with Crippen molar-refractivity contribution in [2.24, 2.45) is 17.8 Å². The number of aliphatic hydroxyl groups is 1. The van der Waals surface area contributed by atoms with Gasteiger partial charge in [0.1, 0.15) is 5.60 Å². The summed E-state index contributed by atoms with van der Waals surface area (Å²) in [6.07, 6.45) is 5.12. The van der Waals surface area contributed by atoms with Gasteiger partial charge in [0.2, 0.25) is 0 Å². The summed E-state index contributed by atoms with van der Waals surface area (Å²) in [5.41, 5.74) is 0.222. The monoisotopic (exact) mass is 246 g/mol. The Morgan fingerprint density at radius 1 is 1.22 bits per heavy atom. The van der Waals surface area contributed by atoms with Gasteiger partial charge in [0.05, 0.1) is 6.61 Å². The fourth-order valence-corrected chi connectivity index (χ4v) is 4.18. The molecule has 0 radical (unpaired) electrons. The maximum atomic E-state index is 11.2. The second-order valence-corrected chi connectivity index (χ2v) is 6.00. The Hall–Kier alpha value is -0.860. The summed E-state index contributed by atoms with van der Waals surface area (Å²) >= 11 is 0. The van der Waals surface area contributed by atoms with Gasteiger partial charge in [-0.1, -0.05) is 36.8 Å². The van der Waals surface area contributed by atoms with E-state index in [1.165, 1.54) is 25.7 Å². The quantitative estimate of drug-likeness (QED) is 0.885. The Labute approximate surface area is 109 Å². The zero-order valence-electron chi connectivity index (χ0n) is 11.0. The van der Waals surface area contributed by atoms with Crippen LogP contribution >= 0.6 is 0 Å². The van der Waals surface area contributed by atoms with E-state index in [1.807, 2.05) is 30.3 Å². The topological polar surface area (TPSA) is 29.5 Å². The van der Waals surface area contributed by atoms with E-state index in [0.717, 1.165) is 11.5 Å². The minimum absolute atomic E-state index is 0.374. The summed E-state index contributed by atoms with van der Waals surface area (Å²) in [6, 6.07) is 10.1. The van der Waals surface area contributed by atoms with Gasteiger partial charge in [-0.2, -0.15) is 0 Å². The van der Waals surface area contributed by atoms with E-state index in [1.54, 1.807) is 7.11 Å². The predicted octanol–water partition coefficient (Wildman–Crippen LogP) is 2.96. The third-order valence-electron chi connectivity index (χ3n) is 4.99. The summed E-state index contributed by atoms with van der Waals surface area (Å²) in [4.78, 5) is 0. The van der Waals surface area contributed by atoms with E-state index >= 15 is 0 Å². The molecular weight excluding hydrogens is 224 g/mol. The van der Waals surface area contributed by atoms with Crippen LogP contribution in [0.1, 0.15) is 31.2 Å². The van der Waals surface area contributed by atoms with E-state index in [0.29, 0.717) is 18.4 Å². The number of benzene rings is 1. The van der Waals surface area contributed by atoms with Crippen LogP contribution in [-0.2, 0) is 10.3 Å². The second-order valence-electron chi connectivity index (χ2n) is 6.00. The van der Waals surface area contributed by atoms with Crippen LogP contribution in [0, 0.1) is 17.8 Å². The zero-order valence-corrected chi connectivity index (χ0v) is 11.0. The molecule has 0 aliphatic heterocycles. The van der Waals surface area contributed by atoms with Gasteiger partial charge < -0.3 is 9.84 Å². The second kappa shape index (κ2) is 4.67. The van der Waals surface area contributed by atoms with Crippen molar-refractivity contribution < 1.29 is 9.84 Å². The Balaban J connectivity index is 1.92. The van der Waals surface area contributed by atoms with Gasteiger partial charge in [0, 0.05) is 7.11 Å². The van der Waals surface area contributed by atoms with Crippen LogP contribution in [0.2, 0.25) is 0 Å². The molecule has 18 heavy (non-hydrogen) atoms. The molecule has 0 aromatic heterocycles. The molecule has 2 bridgehead atoms. The number of hydrogen-bond acceptors (Lipinski definition) is 2. The fourth-order valence-electron chi connectivity index (χ4n) is 4.18. The standard InChI is InChI=1S/C16H22O2/c1-18-11-16(17,14-5-3-2-4-6-14)15-10-12-7-8-13(15)9-12/h2-6,12-13,15,17H,7-11H2,1H3. The smallest absolute Gasteiger partial charge is 0.116 e. The summed E-state index contributed by atoms with van der Waals surface area (Å²) < 4.78 is 5.33. The molecule has 4 atom stereocenters. The molecule has 2 aliphatic rings. The van der Waals surface area contributed by atoms with Crippen LogP contribution < -0.4 is 0 Å². The first kappa shape index (κ1) is 12.2. The van der Waals surface area contributed by atoms with Gasteiger partial charge in [0.25, 0.3) is 0 Å². The van der Waals surface area contributed by atoms with Crippen LogP contribution in [-0.4, -0.2) is 18.8 Å². The molecule has 0 saturated heterocycles. The first-order valence-corrected chi connectivity index (χ1v) is 7.01. The number of ether oxygens (including phenoxy) is 1. The molecule has 2 aliphatic carbocycles. The van der Waals surface area contributed by atoms with Gasteiger partial charge in [-0.3, -0.25) is 0 Å². The summed E-state index contributed by atoms with van der Waals surface area (Å²) in [6.45, 7) is 0.408. The van der Waals surface area contributed by atoms with Gasteiger partial charge in [0.15, 0.2) is 0 Å². The summed E-state index contributed by atoms with van der Waals surface area (Å²) in [5, 5.41) is 11.2. The predicted molar refractivity (Wildman–Crippen MR) is 71.2 cm³/mol. The molecule has 1 aromatic rings. The Morgan fingerprint density at radius 3 is 2.56 bits per heavy atom. The molecule has 2 saturated carbocycles. The van der Waals surface area contributed by atoms with E-state index < -0.39 is 5.60 Å². The van der Waals surface area contributed by atoms with E-state index in [9.17, 15) is 5.11 Å². The zero-order chi connectivity index (χ0) is 12.6. The molecule has 98 valence electrons. The van der Waals surface area contributed by atoms with Crippen molar-refractivity contribution in [1.29, 1.82) is 0 Å². The van der Waals surface area contributed by atoms with Crippen LogP contribution in [0.4, 0.5) is 0 Å². The molecule has 1 N–H and O–H groups in total. The minimum atomic E-state index is -0.796. The van der Waals surface area contributed by atoms with Crippen LogP contribution in [0.5, 0.6) is 0 Å². The highest BCUT2D eigenvalue weighted by Gasteiger charge is 2.50. The fraction of sp³-hybridized carbons (Fsp3) is 0.625. The average molecular weight is 246 g/mol. The molecule has 3 rings (SSSR count). The van der Waals surface area contributed by atoms with Gasteiger partial charge in [-0.05, 0) is 42.6 Å². The van der Waals surface area contributed by atoms with Gasteiger partial charge in [-0.15, -0.1) is 0 Å². The third kappa shape index (κ3) is 1.88. The highest BCUT2D eigenvalue weighted by Crippen LogP contribution is 2.54. The number of methoxy groups -OCH3 is 1. The van der Waals surface area contributed by atoms with E-state index in [-0.39, 0.29) is 0 Å². The molecule has 2 heteroatoms. The third-order valence-corrected chi connectivity index (χ3v) is 4.99.